The zero-order valence-corrected chi connectivity index (χ0v) is 10.2. The van der Waals surface area contributed by atoms with Gasteiger partial charge in [0.05, 0.1) is 10.0 Å². The minimum atomic E-state index is -3.35. The van der Waals surface area contributed by atoms with E-state index in [1.54, 1.807) is 6.07 Å². The first-order valence-electron chi connectivity index (χ1n) is 3.96. The maximum Gasteiger partial charge on any atom is 0.179 e. The Morgan fingerprint density at radius 2 is 1.93 bits per heavy atom. The topological polar surface area (TPSA) is 51.2 Å². The molecule has 0 atom stereocenters. The molecular formula is C9H8Cl2O3S. The third kappa shape index (κ3) is 3.48. The number of carbonyl (C=O) groups is 1. The van der Waals surface area contributed by atoms with Crippen LogP contribution in [0.1, 0.15) is 10.4 Å². The average Bonchev–Trinajstić information content (AvgIpc) is 2.06. The predicted octanol–water partition coefficient (Wildman–Crippen LogP) is 2.22. The Bertz CT molecular complexity index is 494. The SMILES string of the molecule is CS(=O)(=O)CC(=O)c1cccc(Cl)c1Cl. The van der Waals surface area contributed by atoms with Gasteiger partial charge in [0.2, 0.25) is 0 Å². The molecule has 0 radical (unpaired) electrons. The molecular weight excluding hydrogens is 259 g/mol. The Morgan fingerprint density at radius 3 is 2.47 bits per heavy atom. The van der Waals surface area contributed by atoms with E-state index in [0.717, 1.165) is 6.26 Å². The number of sulfone groups is 1. The summed E-state index contributed by atoms with van der Waals surface area (Å²) in [5.74, 6) is -1.11. The van der Waals surface area contributed by atoms with Gasteiger partial charge in [-0.3, -0.25) is 4.79 Å². The van der Waals surface area contributed by atoms with E-state index >= 15 is 0 Å². The van der Waals surface area contributed by atoms with Crippen molar-refractivity contribution in [2.24, 2.45) is 0 Å². The van der Waals surface area contributed by atoms with E-state index in [0.29, 0.717) is 0 Å². The van der Waals surface area contributed by atoms with Crippen molar-refractivity contribution in [3.63, 3.8) is 0 Å². The number of benzene rings is 1. The lowest BCUT2D eigenvalue weighted by molar-refractivity contribution is 0.102. The summed E-state index contributed by atoms with van der Waals surface area (Å²) < 4.78 is 21.8. The van der Waals surface area contributed by atoms with Gasteiger partial charge in [-0.1, -0.05) is 29.3 Å². The minimum absolute atomic E-state index is 0.0906. The highest BCUT2D eigenvalue weighted by Crippen LogP contribution is 2.25. The van der Waals surface area contributed by atoms with Gasteiger partial charge in [0, 0.05) is 11.8 Å². The molecule has 1 aromatic carbocycles. The molecule has 1 aromatic rings. The number of halogens is 2. The normalized spacial score (nSPS) is 11.4. The number of hydrogen-bond donors (Lipinski definition) is 0. The van der Waals surface area contributed by atoms with Gasteiger partial charge in [-0.15, -0.1) is 0 Å². The Hall–Kier alpha value is -0.580. The first-order chi connectivity index (χ1) is 6.81. The second kappa shape index (κ2) is 4.51. The van der Waals surface area contributed by atoms with Crippen LogP contribution in [-0.2, 0) is 9.84 Å². The van der Waals surface area contributed by atoms with Gasteiger partial charge in [0.15, 0.2) is 15.6 Å². The predicted molar refractivity (Wildman–Crippen MR) is 60.5 cm³/mol. The van der Waals surface area contributed by atoms with Crippen molar-refractivity contribution in [3.05, 3.63) is 33.8 Å². The van der Waals surface area contributed by atoms with Crippen LogP contribution in [0.3, 0.4) is 0 Å². The molecule has 0 saturated heterocycles. The van der Waals surface area contributed by atoms with Gasteiger partial charge < -0.3 is 0 Å². The number of hydrogen-bond acceptors (Lipinski definition) is 3. The van der Waals surface area contributed by atoms with Gasteiger partial charge in [0.25, 0.3) is 0 Å². The fraction of sp³-hybridized carbons (Fsp3) is 0.222. The first kappa shape index (κ1) is 12.5. The molecule has 0 aliphatic heterocycles. The molecule has 0 N–H and O–H groups in total. The summed E-state index contributed by atoms with van der Waals surface area (Å²) in [6.45, 7) is 0. The van der Waals surface area contributed by atoms with Crippen molar-refractivity contribution in [3.8, 4) is 0 Å². The lowest BCUT2D eigenvalue weighted by atomic mass is 10.1. The summed E-state index contributed by atoms with van der Waals surface area (Å²) in [6, 6.07) is 4.52. The standard InChI is InChI=1S/C9H8Cl2O3S/c1-15(13,14)5-8(12)6-3-2-4-7(10)9(6)11/h2-4H,5H2,1H3. The minimum Gasteiger partial charge on any atom is -0.293 e. The molecule has 82 valence electrons. The van der Waals surface area contributed by atoms with Crippen molar-refractivity contribution in [2.45, 2.75) is 0 Å². The van der Waals surface area contributed by atoms with Crippen LogP contribution in [-0.4, -0.2) is 26.2 Å². The van der Waals surface area contributed by atoms with Gasteiger partial charge in [-0.05, 0) is 12.1 Å². The fourth-order valence-corrected chi connectivity index (χ4v) is 2.07. The van der Waals surface area contributed by atoms with E-state index in [1.165, 1.54) is 12.1 Å². The second-order valence-corrected chi connectivity index (χ2v) is 6.02. The third-order valence-corrected chi connectivity index (χ3v) is 3.25. The smallest absolute Gasteiger partial charge is 0.179 e. The van der Waals surface area contributed by atoms with E-state index in [-0.39, 0.29) is 15.6 Å². The van der Waals surface area contributed by atoms with Crippen LogP contribution >= 0.6 is 23.2 Å². The van der Waals surface area contributed by atoms with Crippen LogP contribution < -0.4 is 0 Å². The Kier molecular flexibility index (Phi) is 3.76. The summed E-state index contributed by atoms with van der Waals surface area (Å²) in [5, 5.41) is 0.323. The maximum atomic E-state index is 11.5. The average molecular weight is 267 g/mol. The summed E-state index contributed by atoms with van der Waals surface area (Å²) in [4.78, 5) is 11.5. The first-order valence-corrected chi connectivity index (χ1v) is 6.78. The highest BCUT2D eigenvalue weighted by molar-refractivity contribution is 7.91. The van der Waals surface area contributed by atoms with Crippen LogP contribution in [0.15, 0.2) is 18.2 Å². The van der Waals surface area contributed by atoms with Crippen molar-refractivity contribution < 1.29 is 13.2 Å². The highest BCUT2D eigenvalue weighted by atomic mass is 35.5. The van der Waals surface area contributed by atoms with Crippen LogP contribution in [0.25, 0.3) is 0 Å². The van der Waals surface area contributed by atoms with E-state index in [2.05, 4.69) is 0 Å². The molecule has 1 rings (SSSR count). The summed E-state index contributed by atoms with van der Waals surface area (Å²) in [6.07, 6.45) is 0.989. The Labute approximate surface area is 97.9 Å². The Morgan fingerprint density at radius 1 is 1.33 bits per heavy atom. The van der Waals surface area contributed by atoms with Gasteiger partial charge in [-0.25, -0.2) is 8.42 Å². The van der Waals surface area contributed by atoms with Crippen molar-refractivity contribution in [1.82, 2.24) is 0 Å². The summed E-state index contributed by atoms with van der Waals surface area (Å²) in [5.41, 5.74) is 0.134. The van der Waals surface area contributed by atoms with Crippen molar-refractivity contribution in [1.29, 1.82) is 0 Å². The molecule has 3 nitrogen and oxygen atoms in total. The molecule has 0 aromatic heterocycles. The third-order valence-electron chi connectivity index (χ3n) is 1.65. The maximum absolute atomic E-state index is 11.5. The number of rotatable bonds is 3. The number of ketones is 1. The molecule has 0 heterocycles. The molecule has 0 fully saturated rings. The molecule has 15 heavy (non-hydrogen) atoms. The van der Waals surface area contributed by atoms with E-state index in [4.69, 9.17) is 23.2 Å². The van der Waals surface area contributed by atoms with E-state index < -0.39 is 21.4 Å². The molecule has 0 aliphatic rings. The quantitative estimate of drug-likeness (QED) is 0.789. The van der Waals surface area contributed by atoms with Gasteiger partial charge >= 0.3 is 0 Å². The lowest BCUT2D eigenvalue weighted by Gasteiger charge is -2.03. The lowest BCUT2D eigenvalue weighted by Crippen LogP contribution is -2.14. The zero-order valence-electron chi connectivity index (χ0n) is 7.83. The molecule has 6 heteroatoms. The Balaban J connectivity index is 3.08. The van der Waals surface area contributed by atoms with Gasteiger partial charge in [-0.2, -0.15) is 0 Å². The second-order valence-electron chi connectivity index (χ2n) is 3.09. The van der Waals surface area contributed by atoms with E-state index in [9.17, 15) is 13.2 Å². The summed E-state index contributed by atoms with van der Waals surface area (Å²) >= 11 is 11.5. The summed E-state index contributed by atoms with van der Waals surface area (Å²) in [7, 11) is -3.35. The van der Waals surface area contributed by atoms with Crippen molar-refractivity contribution >= 4 is 38.8 Å². The molecule has 0 spiro atoms. The van der Waals surface area contributed by atoms with E-state index in [1.807, 2.05) is 0 Å². The van der Waals surface area contributed by atoms with Crippen LogP contribution in [0, 0.1) is 0 Å². The fourth-order valence-electron chi connectivity index (χ4n) is 1.04. The molecule has 0 saturated carbocycles. The van der Waals surface area contributed by atoms with Crippen LogP contribution in [0.5, 0.6) is 0 Å². The van der Waals surface area contributed by atoms with Crippen LogP contribution in [0.2, 0.25) is 10.0 Å². The zero-order chi connectivity index (χ0) is 11.6. The molecule has 0 aliphatic carbocycles. The van der Waals surface area contributed by atoms with Crippen LogP contribution in [0.4, 0.5) is 0 Å². The molecule has 0 amide bonds. The monoisotopic (exact) mass is 266 g/mol. The number of carbonyl (C=O) groups excluding carboxylic acids is 1. The molecule has 0 bridgehead atoms. The van der Waals surface area contributed by atoms with Crippen molar-refractivity contribution in [2.75, 3.05) is 12.0 Å². The largest absolute Gasteiger partial charge is 0.293 e. The van der Waals surface area contributed by atoms with Gasteiger partial charge in [0.1, 0.15) is 5.75 Å². The number of Topliss-reactive ketones (excluding diaryl/α,β-unsaturated/α-hetero) is 1. The molecule has 0 unspecified atom stereocenters. The highest BCUT2D eigenvalue weighted by Gasteiger charge is 2.17.